The van der Waals surface area contributed by atoms with Crippen LogP contribution >= 0.6 is 0 Å². The molecule has 3 rings (SSSR count). The average Bonchev–Trinajstić information content (AvgIpc) is 2.84. The summed E-state index contributed by atoms with van der Waals surface area (Å²) in [7, 11) is 0. The minimum absolute atomic E-state index is 0.0146. The van der Waals surface area contributed by atoms with Gasteiger partial charge in [-0.3, -0.25) is 19.2 Å². The summed E-state index contributed by atoms with van der Waals surface area (Å²) in [5, 5.41) is 25.8. The second-order valence-electron chi connectivity index (χ2n) is 9.01. The molecular formula is C25H32N6O5. The Morgan fingerprint density at radius 3 is 2.64 bits per heavy atom. The van der Waals surface area contributed by atoms with Gasteiger partial charge < -0.3 is 26.0 Å². The van der Waals surface area contributed by atoms with Crippen LogP contribution in [0.15, 0.2) is 36.7 Å². The molecule has 3 atom stereocenters. The summed E-state index contributed by atoms with van der Waals surface area (Å²) in [6, 6.07) is 4.94. The largest absolute Gasteiger partial charge is 0.391 e. The number of hydrogen-bond donors (Lipinski definition) is 4. The van der Waals surface area contributed by atoms with Gasteiger partial charge >= 0.3 is 0 Å². The maximum Gasteiger partial charge on any atom is 0.256 e. The number of aliphatic hydroxyl groups is 1. The second kappa shape index (κ2) is 12.2. The van der Waals surface area contributed by atoms with E-state index in [0.717, 1.165) is 11.1 Å². The number of aromatic nitrogens is 2. The average molecular weight is 497 g/mol. The molecule has 0 saturated carbocycles. The summed E-state index contributed by atoms with van der Waals surface area (Å²) in [4.78, 5) is 52.9. The lowest BCUT2D eigenvalue weighted by Crippen LogP contribution is -2.56. The first-order valence-electron chi connectivity index (χ1n) is 11.9. The van der Waals surface area contributed by atoms with Crippen molar-refractivity contribution in [3.8, 4) is 0 Å². The Labute approximate surface area is 209 Å². The van der Waals surface area contributed by atoms with Crippen molar-refractivity contribution in [3.05, 3.63) is 58.9 Å². The standard InChI is InChI=1S/C25H32N6O5/c1-15-6-7-19-11-18(15)5-4-9-26-21(33)14-31(25(36)20-8-10-27-28-12-20)13-16(2)29-24(35)22(17(3)32)30-23(19)34/h6-8,10-12,16-17,22,32H,4-5,9,13-14H2,1-3H3,(H,26,33)(H,29,35)(H,30,34)/t16-,17-,22+/m1/s1. The summed E-state index contributed by atoms with van der Waals surface area (Å²) >= 11 is 0. The minimum Gasteiger partial charge on any atom is -0.391 e. The molecule has 1 aromatic carbocycles. The van der Waals surface area contributed by atoms with Crippen molar-refractivity contribution in [3.63, 3.8) is 0 Å². The summed E-state index contributed by atoms with van der Waals surface area (Å²) in [6.45, 7) is 5.21. The highest BCUT2D eigenvalue weighted by molar-refractivity contribution is 5.98. The molecule has 0 fully saturated rings. The van der Waals surface area contributed by atoms with E-state index in [0.29, 0.717) is 24.9 Å². The molecule has 192 valence electrons. The third-order valence-electron chi connectivity index (χ3n) is 5.94. The Morgan fingerprint density at radius 1 is 1.17 bits per heavy atom. The van der Waals surface area contributed by atoms with Crippen LogP contribution in [0.1, 0.15) is 52.1 Å². The van der Waals surface area contributed by atoms with E-state index in [-0.39, 0.29) is 24.6 Å². The van der Waals surface area contributed by atoms with E-state index in [1.54, 1.807) is 19.1 Å². The SMILES string of the molecule is Cc1ccc2cc1CCCNC(=O)CN(C(=O)c1ccnnc1)C[C@@H](C)NC(=O)[C@H]([C@@H](C)O)NC2=O. The van der Waals surface area contributed by atoms with Crippen LogP contribution in [0.4, 0.5) is 0 Å². The van der Waals surface area contributed by atoms with Gasteiger partial charge in [0.15, 0.2) is 0 Å². The van der Waals surface area contributed by atoms with Gasteiger partial charge in [0.2, 0.25) is 11.8 Å². The molecule has 36 heavy (non-hydrogen) atoms. The zero-order chi connectivity index (χ0) is 26.2. The van der Waals surface area contributed by atoms with Gasteiger partial charge in [-0.1, -0.05) is 6.07 Å². The maximum absolute atomic E-state index is 13.1. The van der Waals surface area contributed by atoms with Crippen LogP contribution in [0.25, 0.3) is 0 Å². The first kappa shape index (κ1) is 26.7. The van der Waals surface area contributed by atoms with Gasteiger partial charge in [0.1, 0.15) is 6.04 Å². The second-order valence-corrected chi connectivity index (χ2v) is 9.01. The van der Waals surface area contributed by atoms with Crippen molar-refractivity contribution in [2.75, 3.05) is 19.6 Å². The molecule has 11 heteroatoms. The molecule has 2 heterocycles. The highest BCUT2D eigenvalue weighted by Gasteiger charge is 2.29. The van der Waals surface area contributed by atoms with Crippen LogP contribution in [-0.2, 0) is 16.0 Å². The molecule has 2 bridgehead atoms. The van der Waals surface area contributed by atoms with Gasteiger partial charge in [-0.25, -0.2) is 0 Å². The minimum atomic E-state index is -1.21. The lowest BCUT2D eigenvalue weighted by atomic mass is 10.00. The lowest BCUT2D eigenvalue weighted by Gasteiger charge is -2.28. The number of rotatable bonds is 2. The van der Waals surface area contributed by atoms with Gasteiger partial charge in [0, 0.05) is 24.7 Å². The fourth-order valence-corrected chi connectivity index (χ4v) is 3.98. The number of benzene rings is 1. The lowest BCUT2D eigenvalue weighted by molar-refractivity contribution is -0.126. The highest BCUT2D eigenvalue weighted by atomic mass is 16.3. The molecule has 0 radical (unpaired) electrons. The summed E-state index contributed by atoms with van der Waals surface area (Å²) in [5.41, 5.74) is 2.57. The first-order valence-corrected chi connectivity index (χ1v) is 11.9. The van der Waals surface area contributed by atoms with E-state index in [1.807, 2.05) is 13.0 Å². The Hall–Kier alpha value is -3.86. The molecule has 0 aliphatic carbocycles. The van der Waals surface area contributed by atoms with Crippen molar-refractivity contribution in [2.24, 2.45) is 0 Å². The zero-order valence-electron chi connectivity index (χ0n) is 20.7. The van der Waals surface area contributed by atoms with Crippen molar-refractivity contribution < 1.29 is 24.3 Å². The van der Waals surface area contributed by atoms with E-state index in [2.05, 4.69) is 26.1 Å². The van der Waals surface area contributed by atoms with Crippen molar-refractivity contribution >= 4 is 23.6 Å². The maximum atomic E-state index is 13.1. The normalized spacial score (nSPS) is 21.0. The monoisotopic (exact) mass is 496 g/mol. The van der Waals surface area contributed by atoms with E-state index < -0.39 is 35.9 Å². The van der Waals surface area contributed by atoms with Crippen LogP contribution in [0.5, 0.6) is 0 Å². The Bertz CT molecular complexity index is 1110. The van der Waals surface area contributed by atoms with E-state index in [9.17, 15) is 24.3 Å². The topological polar surface area (TPSA) is 154 Å². The summed E-state index contributed by atoms with van der Waals surface area (Å²) in [5.74, 6) is -1.86. The van der Waals surface area contributed by atoms with Crippen molar-refractivity contribution in [1.82, 2.24) is 31.0 Å². The van der Waals surface area contributed by atoms with Gasteiger partial charge in [-0.15, -0.1) is 0 Å². The number of aliphatic hydroxyl groups excluding tert-OH is 1. The van der Waals surface area contributed by atoms with Crippen molar-refractivity contribution in [2.45, 2.75) is 51.8 Å². The number of aryl methyl sites for hydroxylation is 2. The van der Waals surface area contributed by atoms with Crippen LogP contribution in [-0.4, -0.2) is 81.7 Å². The molecule has 1 aliphatic heterocycles. The molecule has 4 N–H and O–H groups in total. The molecular weight excluding hydrogens is 464 g/mol. The third-order valence-corrected chi connectivity index (χ3v) is 5.94. The van der Waals surface area contributed by atoms with Crippen LogP contribution in [0, 0.1) is 6.92 Å². The molecule has 4 amide bonds. The van der Waals surface area contributed by atoms with Gasteiger partial charge in [-0.2, -0.15) is 10.2 Å². The molecule has 1 aromatic heterocycles. The zero-order valence-corrected chi connectivity index (χ0v) is 20.7. The van der Waals surface area contributed by atoms with E-state index >= 15 is 0 Å². The number of hydrogen-bond acceptors (Lipinski definition) is 7. The first-order chi connectivity index (χ1) is 17.2. The predicted octanol–water partition coefficient (Wildman–Crippen LogP) is -0.0263. The quantitative estimate of drug-likeness (QED) is 0.455. The molecule has 0 saturated heterocycles. The number of amides is 4. The fourth-order valence-electron chi connectivity index (χ4n) is 3.98. The number of carbonyl (C=O) groups is 4. The molecule has 11 nitrogen and oxygen atoms in total. The predicted molar refractivity (Wildman–Crippen MR) is 131 cm³/mol. The Balaban J connectivity index is 1.88. The number of nitrogens with one attached hydrogen (secondary N) is 3. The van der Waals surface area contributed by atoms with Crippen LogP contribution < -0.4 is 16.0 Å². The fraction of sp³-hybridized carbons (Fsp3) is 0.440. The van der Waals surface area contributed by atoms with E-state index in [1.165, 1.54) is 30.3 Å². The van der Waals surface area contributed by atoms with Gasteiger partial charge in [0.25, 0.3) is 11.8 Å². The van der Waals surface area contributed by atoms with Gasteiger partial charge in [-0.05, 0) is 62.9 Å². The molecule has 2 aromatic rings. The number of nitrogens with zero attached hydrogens (tertiary/aromatic N) is 3. The summed E-state index contributed by atoms with van der Waals surface area (Å²) in [6.07, 6.45) is 2.77. The highest BCUT2D eigenvalue weighted by Crippen LogP contribution is 2.14. The van der Waals surface area contributed by atoms with Crippen LogP contribution in [0.3, 0.4) is 0 Å². The summed E-state index contributed by atoms with van der Waals surface area (Å²) < 4.78 is 0. The number of carbonyl (C=O) groups excluding carboxylic acids is 4. The van der Waals surface area contributed by atoms with Crippen LogP contribution in [0.2, 0.25) is 0 Å². The van der Waals surface area contributed by atoms with E-state index in [4.69, 9.17) is 0 Å². The Kier molecular flexibility index (Phi) is 9.07. The molecule has 1 aliphatic rings. The molecule has 0 spiro atoms. The third kappa shape index (κ3) is 7.08. The van der Waals surface area contributed by atoms with Crippen molar-refractivity contribution in [1.29, 1.82) is 0 Å². The molecule has 0 unspecified atom stereocenters. The number of fused-ring (bicyclic) bond motifs is 2. The smallest absolute Gasteiger partial charge is 0.256 e. The van der Waals surface area contributed by atoms with Gasteiger partial charge in [0.05, 0.1) is 30.6 Å². The Morgan fingerprint density at radius 2 is 1.94 bits per heavy atom.